The van der Waals surface area contributed by atoms with Gasteiger partial charge in [-0.1, -0.05) is 6.07 Å². The molecule has 0 unspecified atom stereocenters. The summed E-state index contributed by atoms with van der Waals surface area (Å²) in [6.07, 6.45) is 0. The van der Waals surface area contributed by atoms with Gasteiger partial charge in [-0.2, -0.15) is 0 Å². The number of nitro groups is 1. The predicted molar refractivity (Wildman–Crippen MR) is 82.8 cm³/mol. The highest BCUT2D eigenvalue weighted by Gasteiger charge is 2.16. The van der Waals surface area contributed by atoms with Crippen molar-refractivity contribution in [2.45, 2.75) is 33.2 Å². The minimum atomic E-state index is -0.588. The Hall–Kier alpha value is -2.64. The normalized spacial score (nSPS) is 10.7. The number of anilines is 1. The van der Waals surface area contributed by atoms with Crippen LogP contribution in [0.4, 0.5) is 16.2 Å². The third-order valence-corrected chi connectivity index (χ3v) is 2.61. The van der Waals surface area contributed by atoms with Crippen molar-refractivity contribution >= 4 is 23.3 Å². The van der Waals surface area contributed by atoms with Crippen molar-refractivity contribution in [3.05, 3.63) is 33.9 Å². The fourth-order valence-corrected chi connectivity index (χ4v) is 1.63. The number of rotatable bonds is 4. The lowest BCUT2D eigenvalue weighted by Gasteiger charge is -2.20. The van der Waals surface area contributed by atoms with Crippen LogP contribution < -0.4 is 16.0 Å². The Morgan fingerprint density at radius 1 is 1.27 bits per heavy atom. The molecule has 0 spiro atoms. The van der Waals surface area contributed by atoms with E-state index in [0.29, 0.717) is 5.69 Å². The second-order valence-electron chi connectivity index (χ2n) is 5.86. The van der Waals surface area contributed by atoms with E-state index in [1.165, 1.54) is 12.1 Å². The molecule has 0 saturated carbocycles. The molecule has 0 atom stereocenters. The van der Waals surface area contributed by atoms with Crippen LogP contribution in [-0.4, -0.2) is 28.9 Å². The van der Waals surface area contributed by atoms with Gasteiger partial charge >= 0.3 is 6.03 Å². The van der Waals surface area contributed by atoms with E-state index in [1.54, 1.807) is 33.8 Å². The molecule has 0 radical (unpaired) electrons. The highest BCUT2D eigenvalue weighted by Crippen LogP contribution is 2.21. The van der Waals surface area contributed by atoms with Crippen LogP contribution in [0.5, 0.6) is 0 Å². The molecule has 0 aromatic heterocycles. The van der Waals surface area contributed by atoms with Crippen molar-refractivity contribution in [2.24, 2.45) is 0 Å². The van der Waals surface area contributed by atoms with E-state index in [4.69, 9.17) is 0 Å². The molecule has 0 heterocycles. The average molecular weight is 308 g/mol. The molecule has 1 aromatic carbocycles. The van der Waals surface area contributed by atoms with E-state index in [2.05, 4.69) is 16.0 Å². The molecule has 0 saturated heterocycles. The lowest BCUT2D eigenvalue weighted by molar-refractivity contribution is -0.384. The molecule has 1 aromatic rings. The summed E-state index contributed by atoms with van der Waals surface area (Å²) in [6.45, 7) is 6.97. The maximum absolute atomic E-state index is 11.7. The third kappa shape index (κ3) is 5.78. The summed E-state index contributed by atoms with van der Waals surface area (Å²) in [5.74, 6) is -0.535. The molecule has 0 aliphatic carbocycles. The quantitative estimate of drug-likeness (QED) is 0.581. The fourth-order valence-electron chi connectivity index (χ4n) is 1.63. The van der Waals surface area contributed by atoms with Crippen LogP contribution in [0.15, 0.2) is 18.2 Å². The van der Waals surface area contributed by atoms with Crippen molar-refractivity contribution in [2.75, 3.05) is 11.9 Å². The monoisotopic (exact) mass is 308 g/mol. The van der Waals surface area contributed by atoms with E-state index in [9.17, 15) is 19.7 Å². The largest absolute Gasteiger partial charge is 0.376 e. The Kier molecular flexibility index (Phi) is 5.44. The van der Waals surface area contributed by atoms with Gasteiger partial charge in [0.15, 0.2) is 0 Å². The molecule has 8 nitrogen and oxygen atoms in total. The van der Waals surface area contributed by atoms with Crippen molar-refractivity contribution < 1.29 is 14.5 Å². The predicted octanol–water partition coefficient (Wildman–Crippen LogP) is 1.94. The minimum Gasteiger partial charge on any atom is -0.376 e. The number of non-ortho nitro benzene ring substituents is 1. The summed E-state index contributed by atoms with van der Waals surface area (Å²) in [5, 5.41) is 18.3. The van der Waals surface area contributed by atoms with Crippen LogP contribution in [0.25, 0.3) is 0 Å². The number of carbonyl (C=O) groups excluding carboxylic acids is 2. The molecular formula is C14H20N4O4. The number of carbonyl (C=O) groups is 2. The Morgan fingerprint density at radius 2 is 1.91 bits per heavy atom. The van der Waals surface area contributed by atoms with E-state index < -0.39 is 22.4 Å². The van der Waals surface area contributed by atoms with Crippen molar-refractivity contribution in [3.8, 4) is 0 Å². The van der Waals surface area contributed by atoms with Gasteiger partial charge in [-0.15, -0.1) is 0 Å². The zero-order chi connectivity index (χ0) is 16.9. The Morgan fingerprint density at radius 3 is 2.45 bits per heavy atom. The van der Waals surface area contributed by atoms with Crippen LogP contribution in [0.1, 0.15) is 26.3 Å². The molecule has 1 rings (SSSR count). The first-order valence-electron chi connectivity index (χ1n) is 6.69. The van der Waals surface area contributed by atoms with Gasteiger partial charge in [-0.25, -0.2) is 4.79 Å². The van der Waals surface area contributed by atoms with E-state index in [0.717, 1.165) is 5.56 Å². The van der Waals surface area contributed by atoms with Crippen LogP contribution in [-0.2, 0) is 4.79 Å². The highest BCUT2D eigenvalue weighted by atomic mass is 16.6. The Balaban J connectivity index is 2.59. The van der Waals surface area contributed by atoms with Crippen LogP contribution >= 0.6 is 0 Å². The third-order valence-electron chi connectivity index (χ3n) is 2.61. The maximum Gasteiger partial charge on any atom is 0.321 e. The molecule has 0 bridgehead atoms. The summed E-state index contributed by atoms with van der Waals surface area (Å²) in [7, 11) is 0. The number of hydrogen-bond acceptors (Lipinski definition) is 5. The highest BCUT2D eigenvalue weighted by molar-refractivity contribution is 5.96. The first-order valence-corrected chi connectivity index (χ1v) is 6.69. The van der Waals surface area contributed by atoms with Gasteiger partial charge in [-0.3, -0.25) is 20.2 Å². The summed E-state index contributed by atoms with van der Waals surface area (Å²) in [4.78, 5) is 33.4. The number of benzene rings is 1. The SMILES string of the molecule is Cc1ccc([N+](=O)[O-])cc1NCC(=O)NC(=O)NC(C)(C)C. The van der Waals surface area contributed by atoms with Gasteiger partial charge in [0.1, 0.15) is 0 Å². The van der Waals surface area contributed by atoms with Gasteiger partial charge in [0.2, 0.25) is 5.91 Å². The minimum absolute atomic E-state index is 0.0704. The van der Waals surface area contributed by atoms with Crippen molar-refractivity contribution in [3.63, 3.8) is 0 Å². The zero-order valence-corrected chi connectivity index (χ0v) is 13.0. The molecule has 3 amide bonds. The summed E-state index contributed by atoms with van der Waals surface area (Å²) >= 11 is 0. The molecule has 8 heteroatoms. The summed E-state index contributed by atoms with van der Waals surface area (Å²) in [6, 6.07) is 3.73. The van der Waals surface area contributed by atoms with Gasteiger partial charge in [0.05, 0.1) is 11.5 Å². The molecule has 0 aliphatic rings. The average Bonchev–Trinajstić information content (AvgIpc) is 2.34. The van der Waals surface area contributed by atoms with Crippen molar-refractivity contribution in [1.82, 2.24) is 10.6 Å². The lowest BCUT2D eigenvalue weighted by atomic mass is 10.1. The number of nitrogens with one attached hydrogen (secondary N) is 3. The maximum atomic E-state index is 11.7. The number of nitrogens with zero attached hydrogens (tertiary/aromatic N) is 1. The van der Waals surface area contributed by atoms with E-state index >= 15 is 0 Å². The first kappa shape index (κ1) is 17.4. The second kappa shape index (κ2) is 6.88. The van der Waals surface area contributed by atoms with Crippen LogP contribution in [0.3, 0.4) is 0 Å². The van der Waals surface area contributed by atoms with Crippen molar-refractivity contribution in [1.29, 1.82) is 0 Å². The number of nitro benzene ring substituents is 1. The van der Waals surface area contributed by atoms with E-state index in [1.807, 2.05) is 0 Å². The van der Waals surface area contributed by atoms with Gasteiger partial charge in [-0.05, 0) is 33.3 Å². The van der Waals surface area contributed by atoms with Gasteiger partial charge in [0, 0.05) is 23.4 Å². The number of imide groups is 1. The fraction of sp³-hybridized carbons (Fsp3) is 0.429. The standard InChI is InChI=1S/C14H20N4O4/c1-9-5-6-10(18(21)22)7-11(9)15-8-12(19)16-13(20)17-14(2,3)4/h5-7,15H,8H2,1-4H3,(H2,16,17,19,20). The van der Waals surface area contributed by atoms with Crippen LogP contribution in [0.2, 0.25) is 0 Å². The van der Waals surface area contributed by atoms with Gasteiger partial charge < -0.3 is 10.6 Å². The lowest BCUT2D eigenvalue weighted by Crippen LogP contribution is -2.49. The molecule has 0 fully saturated rings. The second-order valence-corrected chi connectivity index (χ2v) is 5.86. The Labute approximate surface area is 128 Å². The summed E-state index contributed by atoms with van der Waals surface area (Å²) in [5.41, 5.74) is 0.714. The number of amides is 3. The van der Waals surface area contributed by atoms with Crippen LogP contribution in [0, 0.1) is 17.0 Å². The molecule has 120 valence electrons. The molecule has 22 heavy (non-hydrogen) atoms. The number of urea groups is 1. The topological polar surface area (TPSA) is 113 Å². The van der Waals surface area contributed by atoms with E-state index in [-0.39, 0.29) is 12.2 Å². The molecule has 3 N–H and O–H groups in total. The van der Waals surface area contributed by atoms with Gasteiger partial charge in [0.25, 0.3) is 5.69 Å². The molecule has 0 aliphatic heterocycles. The Bertz CT molecular complexity index is 593. The number of hydrogen-bond donors (Lipinski definition) is 3. The molecular weight excluding hydrogens is 288 g/mol. The summed E-state index contributed by atoms with van der Waals surface area (Å²) < 4.78 is 0. The smallest absolute Gasteiger partial charge is 0.321 e. The zero-order valence-electron chi connectivity index (χ0n) is 13.0. The number of aryl methyl sites for hydroxylation is 1. The first-order chi connectivity index (χ1) is 10.1.